The Kier molecular flexibility index (Phi) is 7.74. The highest BCUT2D eigenvalue weighted by Crippen LogP contribution is 2.24. The number of nitrogens with zero attached hydrogens (tertiary/aromatic N) is 1. The van der Waals surface area contributed by atoms with E-state index < -0.39 is 38.7 Å². The highest BCUT2D eigenvalue weighted by molar-refractivity contribution is 7.89. The van der Waals surface area contributed by atoms with Crippen molar-refractivity contribution < 1.29 is 31.9 Å². The van der Waals surface area contributed by atoms with Gasteiger partial charge in [0.15, 0.2) is 6.10 Å². The van der Waals surface area contributed by atoms with Crippen LogP contribution in [0.1, 0.15) is 43.6 Å². The van der Waals surface area contributed by atoms with E-state index in [0.717, 1.165) is 28.1 Å². The van der Waals surface area contributed by atoms with Crippen molar-refractivity contribution in [2.45, 2.75) is 44.1 Å². The molecule has 1 unspecified atom stereocenters. The minimum Gasteiger partial charge on any atom is -0.449 e. The fraction of sp³-hybridized carbons (Fsp3) is 0.417. The first-order valence-electron chi connectivity index (χ1n) is 10.9. The summed E-state index contributed by atoms with van der Waals surface area (Å²) in [6.07, 6.45) is -1.17. The first-order valence-corrected chi connectivity index (χ1v) is 12.3. The van der Waals surface area contributed by atoms with Gasteiger partial charge in [-0.1, -0.05) is 32.9 Å². The van der Waals surface area contributed by atoms with Crippen molar-refractivity contribution >= 4 is 27.6 Å². The molecule has 8 nitrogen and oxygen atoms in total. The summed E-state index contributed by atoms with van der Waals surface area (Å²) < 4.78 is 51.4. The van der Waals surface area contributed by atoms with Crippen LogP contribution in [-0.4, -0.2) is 57.0 Å². The van der Waals surface area contributed by atoms with Crippen molar-refractivity contribution in [1.82, 2.24) is 4.31 Å². The van der Waals surface area contributed by atoms with Crippen molar-refractivity contribution in [3.63, 3.8) is 0 Å². The molecule has 2 aromatic rings. The number of carbonyl (C=O) groups excluding carboxylic acids is 2. The van der Waals surface area contributed by atoms with E-state index >= 15 is 0 Å². The fourth-order valence-electron chi connectivity index (χ4n) is 3.33. The first-order chi connectivity index (χ1) is 15.9. The molecule has 1 fully saturated rings. The van der Waals surface area contributed by atoms with Crippen LogP contribution in [0.2, 0.25) is 0 Å². The Bertz CT molecular complexity index is 1150. The van der Waals surface area contributed by atoms with Crippen molar-refractivity contribution in [3.05, 3.63) is 59.4 Å². The summed E-state index contributed by atoms with van der Waals surface area (Å²) in [6, 6.07) is 10.3. The molecule has 184 valence electrons. The van der Waals surface area contributed by atoms with Crippen LogP contribution in [0.25, 0.3) is 0 Å². The van der Waals surface area contributed by atoms with Crippen molar-refractivity contribution in [1.29, 1.82) is 0 Å². The topological polar surface area (TPSA) is 102 Å². The molecule has 0 radical (unpaired) electrons. The monoisotopic (exact) mass is 492 g/mol. The number of benzene rings is 2. The van der Waals surface area contributed by atoms with E-state index in [1.165, 1.54) is 6.92 Å². The van der Waals surface area contributed by atoms with Gasteiger partial charge in [0.25, 0.3) is 5.91 Å². The smallest absolute Gasteiger partial charge is 0.338 e. The van der Waals surface area contributed by atoms with Crippen LogP contribution in [0.5, 0.6) is 0 Å². The van der Waals surface area contributed by atoms with E-state index in [0.29, 0.717) is 5.69 Å². The van der Waals surface area contributed by atoms with Gasteiger partial charge in [-0.3, -0.25) is 4.79 Å². The molecule has 3 rings (SSSR count). The van der Waals surface area contributed by atoms with Crippen molar-refractivity contribution in [2.24, 2.45) is 0 Å². The Labute approximate surface area is 199 Å². The van der Waals surface area contributed by atoms with Crippen LogP contribution in [0.15, 0.2) is 47.4 Å². The summed E-state index contributed by atoms with van der Waals surface area (Å²) in [5, 5.41) is 2.67. The SMILES string of the molecule is CC(OC(=O)c1ccc(F)c(S(=O)(=O)N2CCOCC2)c1)C(=O)Nc1ccc(C(C)(C)C)cc1. The molecule has 0 bridgehead atoms. The number of rotatable bonds is 6. The molecule has 1 heterocycles. The Hall–Kier alpha value is -2.82. The number of ether oxygens (including phenoxy) is 2. The summed E-state index contributed by atoms with van der Waals surface area (Å²) in [5.74, 6) is -2.48. The van der Waals surface area contributed by atoms with Gasteiger partial charge in [0.05, 0.1) is 18.8 Å². The number of carbonyl (C=O) groups is 2. The molecule has 0 aromatic heterocycles. The predicted octanol–water partition coefficient (Wildman–Crippen LogP) is 3.33. The number of hydrogen-bond acceptors (Lipinski definition) is 6. The molecular formula is C24H29FN2O6S. The number of hydrogen-bond donors (Lipinski definition) is 1. The summed E-state index contributed by atoms with van der Waals surface area (Å²) in [6.45, 7) is 8.21. The Morgan fingerprint density at radius 1 is 1.09 bits per heavy atom. The Balaban J connectivity index is 1.69. The zero-order valence-corrected chi connectivity index (χ0v) is 20.4. The molecule has 1 aliphatic heterocycles. The second kappa shape index (κ2) is 10.2. The number of esters is 1. The molecule has 1 aliphatic rings. The molecule has 1 atom stereocenters. The predicted molar refractivity (Wildman–Crippen MR) is 125 cm³/mol. The van der Waals surface area contributed by atoms with Crippen LogP contribution in [0.4, 0.5) is 10.1 Å². The van der Waals surface area contributed by atoms with E-state index in [9.17, 15) is 22.4 Å². The summed E-state index contributed by atoms with van der Waals surface area (Å²) in [4.78, 5) is 24.4. The van der Waals surface area contributed by atoms with E-state index in [1.54, 1.807) is 12.1 Å². The van der Waals surface area contributed by atoms with Crippen LogP contribution in [0, 0.1) is 5.82 Å². The van der Waals surface area contributed by atoms with Gasteiger partial charge in [0.1, 0.15) is 10.7 Å². The average molecular weight is 493 g/mol. The maximum absolute atomic E-state index is 14.4. The molecule has 2 aromatic carbocycles. The molecule has 0 aliphatic carbocycles. The third-order valence-electron chi connectivity index (χ3n) is 5.43. The molecule has 1 N–H and O–H groups in total. The Morgan fingerprint density at radius 3 is 2.29 bits per heavy atom. The van der Waals surface area contributed by atoms with E-state index in [4.69, 9.17) is 9.47 Å². The number of nitrogens with one attached hydrogen (secondary N) is 1. The van der Waals surface area contributed by atoms with Gasteiger partial charge in [-0.05, 0) is 48.2 Å². The highest BCUT2D eigenvalue weighted by atomic mass is 32.2. The molecule has 1 amide bonds. The number of anilines is 1. The molecule has 0 saturated carbocycles. The number of amides is 1. The molecule has 34 heavy (non-hydrogen) atoms. The third-order valence-corrected chi connectivity index (χ3v) is 7.34. The van der Waals surface area contributed by atoms with Gasteiger partial charge in [0, 0.05) is 18.8 Å². The van der Waals surface area contributed by atoms with Gasteiger partial charge >= 0.3 is 5.97 Å². The molecule has 1 saturated heterocycles. The standard InChI is InChI=1S/C24H29FN2O6S/c1-16(22(28)26-19-8-6-18(7-9-19)24(2,3)4)33-23(29)17-5-10-20(25)21(15-17)34(30,31)27-11-13-32-14-12-27/h5-10,15-16H,11-14H2,1-4H3,(H,26,28). The summed E-state index contributed by atoms with van der Waals surface area (Å²) in [5.41, 5.74) is 1.43. The van der Waals surface area contributed by atoms with Gasteiger partial charge in [0.2, 0.25) is 10.0 Å². The summed E-state index contributed by atoms with van der Waals surface area (Å²) >= 11 is 0. The average Bonchev–Trinajstić information content (AvgIpc) is 2.79. The second-order valence-corrected chi connectivity index (χ2v) is 10.9. The normalized spacial score (nSPS) is 16.0. The van der Waals surface area contributed by atoms with Crippen LogP contribution in [-0.2, 0) is 29.7 Å². The number of halogens is 1. The zero-order chi connectivity index (χ0) is 25.1. The maximum Gasteiger partial charge on any atom is 0.338 e. The van der Waals surface area contributed by atoms with Gasteiger partial charge in [-0.15, -0.1) is 0 Å². The maximum atomic E-state index is 14.4. The van der Waals surface area contributed by atoms with Gasteiger partial charge < -0.3 is 14.8 Å². The van der Waals surface area contributed by atoms with Gasteiger partial charge in [-0.25, -0.2) is 17.6 Å². The zero-order valence-electron chi connectivity index (χ0n) is 19.6. The van der Waals surface area contributed by atoms with E-state index in [-0.39, 0.29) is 37.3 Å². The lowest BCUT2D eigenvalue weighted by Gasteiger charge is -2.26. The first kappa shape index (κ1) is 25.8. The van der Waals surface area contributed by atoms with Crippen LogP contribution >= 0.6 is 0 Å². The van der Waals surface area contributed by atoms with Crippen molar-refractivity contribution in [2.75, 3.05) is 31.6 Å². The van der Waals surface area contributed by atoms with E-state index in [2.05, 4.69) is 26.1 Å². The minimum absolute atomic E-state index is 0.0331. The lowest BCUT2D eigenvalue weighted by Crippen LogP contribution is -2.41. The van der Waals surface area contributed by atoms with Crippen LogP contribution < -0.4 is 5.32 Å². The van der Waals surface area contributed by atoms with Gasteiger partial charge in [-0.2, -0.15) is 4.31 Å². The quantitative estimate of drug-likeness (QED) is 0.621. The highest BCUT2D eigenvalue weighted by Gasteiger charge is 2.30. The fourth-order valence-corrected chi connectivity index (χ4v) is 4.83. The third kappa shape index (κ3) is 5.99. The lowest BCUT2D eigenvalue weighted by atomic mass is 9.87. The Morgan fingerprint density at radius 2 is 1.71 bits per heavy atom. The minimum atomic E-state index is -4.16. The summed E-state index contributed by atoms with van der Waals surface area (Å²) in [7, 11) is -4.16. The molecule has 0 spiro atoms. The van der Waals surface area contributed by atoms with E-state index in [1.807, 2.05) is 12.1 Å². The van der Waals surface area contributed by atoms with Crippen molar-refractivity contribution in [3.8, 4) is 0 Å². The molecule has 10 heteroatoms. The lowest BCUT2D eigenvalue weighted by molar-refractivity contribution is -0.123. The number of morpholine rings is 1. The van der Waals surface area contributed by atoms with Crippen LogP contribution in [0.3, 0.4) is 0 Å². The largest absolute Gasteiger partial charge is 0.449 e. The second-order valence-electron chi connectivity index (χ2n) is 9.03. The number of sulfonamides is 1. The molecular weight excluding hydrogens is 463 g/mol.